The van der Waals surface area contributed by atoms with E-state index in [1.54, 1.807) is 0 Å². The lowest BCUT2D eigenvalue weighted by Gasteiger charge is -2.37. The van der Waals surface area contributed by atoms with Gasteiger partial charge in [0, 0.05) is 12.8 Å². The van der Waals surface area contributed by atoms with Crippen molar-refractivity contribution in [3.05, 3.63) is 34.9 Å². The Labute approximate surface area is 111 Å². The molecule has 4 heteroatoms. The molecule has 1 aromatic rings. The number of aliphatic carboxylic acids is 1. The summed E-state index contributed by atoms with van der Waals surface area (Å²) in [6, 6.07) is 5.58. The van der Waals surface area contributed by atoms with Crippen LogP contribution in [0.25, 0.3) is 0 Å². The molecule has 0 spiro atoms. The number of hydrogen-bond donors (Lipinski definition) is 1. The molecule has 0 aliphatic heterocycles. The Balaban J connectivity index is 2.43. The first-order chi connectivity index (χ1) is 8.75. The standard InChI is InChI=1S/C15H18F2O2/c1-10-7-11(2)9-12(8-10)14(13(18)19)3-5-15(16,17)6-4-14/h7-9H,3-6H2,1-2H3,(H,18,19). The summed E-state index contributed by atoms with van der Waals surface area (Å²) in [5.74, 6) is -3.72. The molecule has 0 bridgehead atoms. The molecular formula is C15H18F2O2. The number of benzene rings is 1. The van der Waals surface area contributed by atoms with Gasteiger partial charge in [-0.3, -0.25) is 4.79 Å². The lowest BCUT2D eigenvalue weighted by Crippen LogP contribution is -2.42. The first-order valence-electron chi connectivity index (χ1n) is 6.45. The molecule has 0 amide bonds. The number of rotatable bonds is 2. The highest BCUT2D eigenvalue weighted by Crippen LogP contribution is 2.46. The molecule has 1 fully saturated rings. The van der Waals surface area contributed by atoms with Gasteiger partial charge in [0.05, 0.1) is 5.41 Å². The molecule has 1 saturated carbocycles. The van der Waals surface area contributed by atoms with Crippen molar-refractivity contribution in [1.82, 2.24) is 0 Å². The molecule has 0 radical (unpaired) electrons. The van der Waals surface area contributed by atoms with E-state index in [-0.39, 0.29) is 25.7 Å². The quantitative estimate of drug-likeness (QED) is 0.885. The second-order valence-electron chi connectivity index (χ2n) is 5.62. The predicted molar refractivity (Wildman–Crippen MR) is 68.6 cm³/mol. The van der Waals surface area contributed by atoms with Crippen LogP contribution in [0.4, 0.5) is 8.78 Å². The van der Waals surface area contributed by atoms with E-state index in [4.69, 9.17) is 0 Å². The summed E-state index contributed by atoms with van der Waals surface area (Å²) in [5, 5.41) is 9.55. The van der Waals surface area contributed by atoms with Crippen molar-refractivity contribution in [3.63, 3.8) is 0 Å². The second-order valence-corrected chi connectivity index (χ2v) is 5.62. The normalized spacial score (nSPS) is 21.1. The summed E-state index contributed by atoms with van der Waals surface area (Å²) in [6.45, 7) is 3.78. The van der Waals surface area contributed by atoms with E-state index in [2.05, 4.69) is 0 Å². The van der Waals surface area contributed by atoms with Crippen LogP contribution in [0.2, 0.25) is 0 Å². The summed E-state index contributed by atoms with van der Waals surface area (Å²) in [6.07, 6.45) is -0.713. The van der Waals surface area contributed by atoms with Crippen LogP contribution in [0, 0.1) is 13.8 Å². The molecule has 1 aliphatic carbocycles. The number of halogens is 2. The van der Waals surface area contributed by atoms with Crippen LogP contribution >= 0.6 is 0 Å². The summed E-state index contributed by atoms with van der Waals surface area (Å²) in [7, 11) is 0. The molecule has 2 nitrogen and oxygen atoms in total. The van der Waals surface area contributed by atoms with E-state index in [1.165, 1.54) is 0 Å². The van der Waals surface area contributed by atoms with Gasteiger partial charge in [0.2, 0.25) is 5.92 Å². The van der Waals surface area contributed by atoms with Crippen molar-refractivity contribution < 1.29 is 18.7 Å². The molecule has 0 unspecified atom stereocenters. The monoisotopic (exact) mass is 268 g/mol. The van der Waals surface area contributed by atoms with E-state index >= 15 is 0 Å². The fourth-order valence-electron chi connectivity index (χ4n) is 2.92. The minimum Gasteiger partial charge on any atom is -0.481 e. The van der Waals surface area contributed by atoms with Gasteiger partial charge >= 0.3 is 5.97 Å². The maximum absolute atomic E-state index is 13.3. The van der Waals surface area contributed by atoms with Crippen LogP contribution in [0.15, 0.2) is 18.2 Å². The van der Waals surface area contributed by atoms with Gasteiger partial charge in [0.1, 0.15) is 0 Å². The second kappa shape index (κ2) is 4.58. The van der Waals surface area contributed by atoms with Crippen molar-refractivity contribution >= 4 is 5.97 Å². The van der Waals surface area contributed by atoms with E-state index in [0.29, 0.717) is 5.56 Å². The highest BCUT2D eigenvalue weighted by Gasteiger charge is 2.49. The maximum atomic E-state index is 13.3. The van der Waals surface area contributed by atoms with Gasteiger partial charge in [-0.05, 0) is 32.3 Å². The van der Waals surface area contributed by atoms with Crippen LogP contribution in [0.3, 0.4) is 0 Å². The van der Waals surface area contributed by atoms with Crippen molar-refractivity contribution in [1.29, 1.82) is 0 Å². The number of carbonyl (C=O) groups is 1. The van der Waals surface area contributed by atoms with E-state index in [0.717, 1.165) is 11.1 Å². The van der Waals surface area contributed by atoms with Crippen molar-refractivity contribution in [2.45, 2.75) is 50.9 Å². The minimum atomic E-state index is -2.72. The van der Waals surface area contributed by atoms with Crippen molar-refractivity contribution in [2.75, 3.05) is 0 Å². The van der Waals surface area contributed by atoms with Crippen molar-refractivity contribution in [2.24, 2.45) is 0 Å². The highest BCUT2D eigenvalue weighted by atomic mass is 19.3. The Morgan fingerprint density at radius 2 is 1.53 bits per heavy atom. The number of alkyl halides is 2. The largest absolute Gasteiger partial charge is 0.481 e. The van der Waals surface area contributed by atoms with Gasteiger partial charge in [0.25, 0.3) is 0 Å². The van der Waals surface area contributed by atoms with Crippen LogP contribution in [0.1, 0.15) is 42.4 Å². The fourth-order valence-corrected chi connectivity index (χ4v) is 2.92. The molecule has 1 N–H and O–H groups in total. The molecule has 2 rings (SSSR count). The Bertz CT molecular complexity index is 479. The van der Waals surface area contributed by atoms with Crippen molar-refractivity contribution in [3.8, 4) is 0 Å². The van der Waals surface area contributed by atoms with E-state index in [1.807, 2.05) is 32.0 Å². The topological polar surface area (TPSA) is 37.3 Å². The molecule has 1 aromatic carbocycles. The minimum absolute atomic E-state index is 0.00176. The SMILES string of the molecule is Cc1cc(C)cc(C2(C(=O)O)CCC(F)(F)CC2)c1. The first-order valence-corrected chi connectivity index (χ1v) is 6.45. The van der Waals surface area contributed by atoms with Crippen LogP contribution in [-0.4, -0.2) is 17.0 Å². The molecule has 0 heterocycles. The average molecular weight is 268 g/mol. The Hall–Kier alpha value is -1.45. The highest BCUT2D eigenvalue weighted by molar-refractivity contribution is 5.81. The van der Waals surface area contributed by atoms with Gasteiger partial charge in [-0.1, -0.05) is 29.3 Å². The third-order valence-electron chi connectivity index (χ3n) is 4.02. The zero-order valence-corrected chi connectivity index (χ0v) is 11.2. The maximum Gasteiger partial charge on any atom is 0.314 e. The Morgan fingerprint density at radius 3 is 1.95 bits per heavy atom. The predicted octanol–water partition coefficient (Wildman–Crippen LogP) is 3.84. The van der Waals surface area contributed by atoms with Gasteiger partial charge < -0.3 is 5.11 Å². The first kappa shape index (κ1) is 14.0. The lowest BCUT2D eigenvalue weighted by molar-refractivity contribution is -0.149. The fraction of sp³-hybridized carbons (Fsp3) is 0.533. The third kappa shape index (κ3) is 2.62. The van der Waals surface area contributed by atoms with E-state index in [9.17, 15) is 18.7 Å². The van der Waals surface area contributed by atoms with Gasteiger partial charge in [-0.15, -0.1) is 0 Å². The third-order valence-corrected chi connectivity index (χ3v) is 4.02. The Morgan fingerprint density at radius 1 is 1.05 bits per heavy atom. The van der Waals surface area contributed by atoms with Crippen LogP contribution < -0.4 is 0 Å². The molecule has 0 saturated heterocycles. The van der Waals surface area contributed by atoms with Gasteiger partial charge in [-0.25, -0.2) is 8.78 Å². The molecular weight excluding hydrogens is 250 g/mol. The summed E-state index contributed by atoms with van der Waals surface area (Å²) >= 11 is 0. The van der Waals surface area contributed by atoms with Gasteiger partial charge in [0.15, 0.2) is 0 Å². The molecule has 104 valence electrons. The average Bonchev–Trinajstić information content (AvgIpc) is 2.27. The molecule has 0 atom stereocenters. The van der Waals surface area contributed by atoms with Gasteiger partial charge in [-0.2, -0.15) is 0 Å². The molecule has 1 aliphatic rings. The zero-order chi connectivity index (χ0) is 14.3. The number of aryl methyl sites for hydroxylation is 2. The smallest absolute Gasteiger partial charge is 0.314 e. The zero-order valence-electron chi connectivity index (χ0n) is 11.2. The number of carboxylic acids is 1. The van der Waals surface area contributed by atoms with Crippen LogP contribution in [-0.2, 0) is 10.2 Å². The summed E-state index contributed by atoms with van der Waals surface area (Å²) < 4.78 is 26.6. The summed E-state index contributed by atoms with van der Waals surface area (Å²) in [5.41, 5.74) is 1.44. The molecule has 19 heavy (non-hydrogen) atoms. The lowest BCUT2D eigenvalue weighted by atomic mass is 9.68. The number of carboxylic acid groups (broad SMARTS) is 1. The van der Waals surface area contributed by atoms with E-state index < -0.39 is 17.3 Å². The Kier molecular flexibility index (Phi) is 3.37. The number of hydrogen-bond acceptors (Lipinski definition) is 1. The van der Waals surface area contributed by atoms with Crippen LogP contribution in [0.5, 0.6) is 0 Å². The molecule has 0 aromatic heterocycles. The summed E-state index contributed by atoms with van der Waals surface area (Å²) in [4.78, 5) is 11.7.